The summed E-state index contributed by atoms with van der Waals surface area (Å²) in [5, 5.41) is 2.32. The Labute approximate surface area is 113 Å². The van der Waals surface area contributed by atoms with Crippen LogP contribution in [0.4, 0.5) is 0 Å². The summed E-state index contributed by atoms with van der Waals surface area (Å²) >= 11 is 0. The molecule has 0 unspecified atom stereocenters. The molecule has 19 heavy (non-hydrogen) atoms. The van der Waals surface area contributed by atoms with Crippen LogP contribution in [0.2, 0.25) is 0 Å². The van der Waals surface area contributed by atoms with Gasteiger partial charge < -0.3 is 15.2 Å². The molecule has 2 aromatic rings. The second-order valence-corrected chi connectivity index (χ2v) is 5.21. The van der Waals surface area contributed by atoms with Gasteiger partial charge in [-0.3, -0.25) is 0 Å². The molecule has 0 aliphatic carbocycles. The Kier molecular flexibility index (Phi) is 3.27. The zero-order chi connectivity index (χ0) is 13.3. The Morgan fingerprint density at radius 1 is 1.11 bits per heavy atom. The number of hydrogen-bond acceptors (Lipinski definition) is 3. The van der Waals surface area contributed by atoms with Gasteiger partial charge in [-0.05, 0) is 10.8 Å². The summed E-state index contributed by atoms with van der Waals surface area (Å²) < 4.78 is 11.9. The van der Waals surface area contributed by atoms with Crippen molar-refractivity contribution in [3.8, 4) is 0 Å². The van der Waals surface area contributed by atoms with E-state index in [1.54, 1.807) is 0 Å². The maximum absolute atomic E-state index is 5.97. The van der Waals surface area contributed by atoms with E-state index >= 15 is 0 Å². The lowest BCUT2D eigenvalue weighted by Crippen LogP contribution is -2.46. The first-order chi connectivity index (χ1) is 9.25. The zero-order valence-electron chi connectivity index (χ0n) is 11.1. The standard InChI is InChI=1S/C16H19NO2/c1-12-9-18-16(11-17,19-10-12)15-8-4-6-13-5-2-3-7-14(13)15/h2-8,12H,9-11,17H2,1H3. The van der Waals surface area contributed by atoms with Crippen molar-refractivity contribution in [3.05, 3.63) is 48.0 Å². The van der Waals surface area contributed by atoms with Crippen molar-refractivity contribution in [2.45, 2.75) is 12.7 Å². The number of ether oxygens (including phenoxy) is 2. The lowest BCUT2D eigenvalue weighted by Gasteiger charge is -2.39. The van der Waals surface area contributed by atoms with Crippen LogP contribution in [0.25, 0.3) is 10.8 Å². The molecule has 0 bridgehead atoms. The van der Waals surface area contributed by atoms with Crippen molar-refractivity contribution in [2.24, 2.45) is 11.7 Å². The van der Waals surface area contributed by atoms with Gasteiger partial charge in [0.15, 0.2) is 0 Å². The maximum atomic E-state index is 5.97. The van der Waals surface area contributed by atoms with Crippen molar-refractivity contribution < 1.29 is 9.47 Å². The number of nitrogens with two attached hydrogens (primary N) is 1. The third-order valence-electron chi connectivity index (χ3n) is 3.67. The summed E-state index contributed by atoms with van der Waals surface area (Å²) in [6.45, 7) is 3.80. The molecule has 1 aliphatic rings. The Morgan fingerprint density at radius 3 is 2.53 bits per heavy atom. The van der Waals surface area contributed by atoms with Crippen molar-refractivity contribution >= 4 is 10.8 Å². The molecule has 3 rings (SSSR count). The van der Waals surface area contributed by atoms with Crippen LogP contribution in [0, 0.1) is 5.92 Å². The first-order valence-corrected chi connectivity index (χ1v) is 6.71. The minimum absolute atomic E-state index is 0.327. The molecule has 0 aromatic heterocycles. The van der Waals surface area contributed by atoms with Gasteiger partial charge in [0.25, 0.3) is 0 Å². The largest absolute Gasteiger partial charge is 0.344 e. The molecule has 3 heteroatoms. The molecule has 1 fully saturated rings. The number of fused-ring (bicyclic) bond motifs is 1. The van der Waals surface area contributed by atoms with E-state index in [-0.39, 0.29) is 0 Å². The van der Waals surface area contributed by atoms with Crippen molar-refractivity contribution in [3.63, 3.8) is 0 Å². The predicted octanol–water partition coefficient (Wildman–Crippen LogP) is 2.63. The van der Waals surface area contributed by atoms with Crippen molar-refractivity contribution in [1.29, 1.82) is 0 Å². The van der Waals surface area contributed by atoms with E-state index < -0.39 is 5.79 Å². The summed E-state index contributed by atoms with van der Waals surface area (Å²) in [5.41, 5.74) is 6.98. The highest BCUT2D eigenvalue weighted by atomic mass is 16.7. The molecule has 2 N–H and O–H groups in total. The molecule has 0 amide bonds. The number of rotatable bonds is 2. The van der Waals surface area contributed by atoms with Crippen LogP contribution in [-0.4, -0.2) is 19.8 Å². The van der Waals surface area contributed by atoms with E-state index in [2.05, 4.69) is 25.1 Å². The lowest BCUT2D eigenvalue weighted by molar-refractivity contribution is -0.283. The van der Waals surface area contributed by atoms with Gasteiger partial charge in [-0.15, -0.1) is 0 Å². The van der Waals surface area contributed by atoms with E-state index in [1.807, 2.05) is 24.3 Å². The Bertz CT molecular complexity index is 568. The van der Waals surface area contributed by atoms with Crippen LogP contribution in [0.3, 0.4) is 0 Å². The molecule has 1 aliphatic heterocycles. The summed E-state index contributed by atoms with van der Waals surface area (Å²) in [7, 11) is 0. The van der Waals surface area contributed by atoms with E-state index in [4.69, 9.17) is 15.2 Å². The highest BCUT2D eigenvalue weighted by Gasteiger charge is 2.38. The zero-order valence-corrected chi connectivity index (χ0v) is 11.1. The molecule has 3 nitrogen and oxygen atoms in total. The van der Waals surface area contributed by atoms with E-state index in [0.717, 1.165) is 10.9 Å². The Hall–Kier alpha value is -1.42. The van der Waals surface area contributed by atoms with Crippen molar-refractivity contribution in [1.82, 2.24) is 0 Å². The predicted molar refractivity (Wildman–Crippen MR) is 75.7 cm³/mol. The van der Waals surface area contributed by atoms with Gasteiger partial charge in [0, 0.05) is 11.5 Å². The average molecular weight is 257 g/mol. The van der Waals surface area contributed by atoms with Gasteiger partial charge in [0.2, 0.25) is 5.79 Å². The summed E-state index contributed by atoms with van der Waals surface area (Å²) in [6.07, 6.45) is 0. The highest BCUT2D eigenvalue weighted by molar-refractivity contribution is 5.86. The number of benzene rings is 2. The molecule has 0 atom stereocenters. The average Bonchev–Trinajstić information content (AvgIpc) is 2.48. The molecule has 0 radical (unpaired) electrons. The summed E-state index contributed by atoms with van der Waals surface area (Å²) in [4.78, 5) is 0. The van der Waals surface area contributed by atoms with Crippen LogP contribution in [0.5, 0.6) is 0 Å². The minimum atomic E-state index is -0.798. The monoisotopic (exact) mass is 257 g/mol. The van der Waals surface area contributed by atoms with Gasteiger partial charge in [-0.1, -0.05) is 49.4 Å². The second-order valence-electron chi connectivity index (χ2n) is 5.21. The summed E-state index contributed by atoms with van der Waals surface area (Å²) in [5.74, 6) is -0.387. The van der Waals surface area contributed by atoms with Gasteiger partial charge >= 0.3 is 0 Å². The van der Waals surface area contributed by atoms with E-state index in [1.165, 1.54) is 5.39 Å². The fourth-order valence-corrected chi connectivity index (χ4v) is 2.58. The van der Waals surface area contributed by atoms with Gasteiger partial charge in [0.1, 0.15) is 0 Å². The molecule has 1 heterocycles. The fourth-order valence-electron chi connectivity index (χ4n) is 2.58. The van der Waals surface area contributed by atoms with Gasteiger partial charge in [-0.2, -0.15) is 0 Å². The van der Waals surface area contributed by atoms with E-state index in [9.17, 15) is 0 Å². The fraction of sp³-hybridized carbons (Fsp3) is 0.375. The Morgan fingerprint density at radius 2 is 1.79 bits per heavy atom. The second kappa shape index (κ2) is 4.93. The smallest absolute Gasteiger partial charge is 0.208 e. The normalized spacial score (nSPS) is 27.6. The lowest BCUT2D eigenvalue weighted by atomic mass is 9.96. The quantitative estimate of drug-likeness (QED) is 0.899. The molecule has 0 spiro atoms. The van der Waals surface area contributed by atoms with Crippen LogP contribution in [0.1, 0.15) is 12.5 Å². The first kappa shape index (κ1) is 12.6. The van der Waals surface area contributed by atoms with Crippen LogP contribution in [-0.2, 0) is 15.3 Å². The maximum Gasteiger partial charge on any atom is 0.208 e. The SMILES string of the molecule is CC1COC(CN)(c2cccc3ccccc23)OC1. The third-order valence-corrected chi connectivity index (χ3v) is 3.67. The molecular weight excluding hydrogens is 238 g/mol. The topological polar surface area (TPSA) is 44.5 Å². The van der Waals surface area contributed by atoms with E-state index in [0.29, 0.717) is 25.7 Å². The molecular formula is C16H19NO2. The van der Waals surface area contributed by atoms with Crippen LogP contribution >= 0.6 is 0 Å². The number of hydrogen-bond donors (Lipinski definition) is 1. The summed E-state index contributed by atoms with van der Waals surface area (Å²) in [6, 6.07) is 14.4. The van der Waals surface area contributed by atoms with Gasteiger partial charge in [-0.25, -0.2) is 0 Å². The Balaban J connectivity index is 2.11. The van der Waals surface area contributed by atoms with Crippen LogP contribution < -0.4 is 5.73 Å². The minimum Gasteiger partial charge on any atom is -0.344 e. The molecule has 1 saturated heterocycles. The molecule has 2 aromatic carbocycles. The third kappa shape index (κ3) is 2.14. The van der Waals surface area contributed by atoms with Gasteiger partial charge in [0.05, 0.1) is 19.8 Å². The molecule has 0 saturated carbocycles. The van der Waals surface area contributed by atoms with Crippen LogP contribution in [0.15, 0.2) is 42.5 Å². The molecule has 100 valence electrons. The highest BCUT2D eigenvalue weighted by Crippen LogP contribution is 2.35. The van der Waals surface area contributed by atoms with Crippen molar-refractivity contribution in [2.75, 3.05) is 19.8 Å². The first-order valence-electron chi connectivity index (χ1n) is 6.71.